The van der Waals surface area contributed by atoms with Crippen molar-refractivity contribution in [3.8, 4) is 0 Å². The van der Waals surface area contributed by atoms with E-state index in [-0.39, 0.29) is 11.8 Å². The maximum absolute atomic E-state index is 13.0. The molecule has 3 heteroatoms. The number of hydrogen-bond donors (Lipinski definition) is 0. The minimum Gasteiger partial charge on any atom is -0.462 e. The molecule has 0 N–H and O–H groups in total. The molecular weight excluding hydrogens is 219 g/mol. The van der Waals surface area contributed by atoms with Crippen molar-refractivity contribution < 1.29 is 13.9 Å². The van der Waals surface area contributed by atoms with E-state index in [1.807, 2.05) is 0 Å². The first-order valence-corrected chi connectivity index (χ1v) is 6.08. The minimum atomic E-state index is -0.371. The van der Waals surface area contributed by atoms with Crippen LogP contribution in [0.1, 0.15) is 48.5 Å². The Morgan fingerprint density at radius 2 is 2.06 bits per heavy atom. The maximum Gasteiger partial charge on any atom is 0.338 e. The van der Waals surface area contributed by atoms with E-state index in [9.17, 15) is 9.18 Å². The van der Waals surface area contributed by atoms with Gasteiger partial charge in [0.15, 0.2) is 0 Å². The van der Waals surface area contributed by atoms with Crippen molar-refractivity contribution in [3.05, 3.63) is 35.1 Å². The number of halogens is 1. The Bertz CT molecular complexity index is 374. The molecular formula is C14H19FO2. The van der Waals surface area contributed by atoms with E-state index in [0.29, 0.717) is 17.7 Å². The molecule has 2 nitrogen and oxygen atoms in total. The van der Waals surface area contributed by atoms with Crippen LogP contribution in [-0.2, 0) is 4.74 Å². The Hall–Kier alpha value is -1.38. The Morgan fingerprint density at radius 3 is 2.71 bits per heavy atom. The summed E-state index contributed by atoms with van der Waals surface area (Å²) in [5.41, 5.74) is 0.879. The van der Waals surface area contributed by atoms with E-state index < -0.39 is 0 Å². The summed E-state index contributed by atoms with van der Waals surface area (Å²) in [4.78, 5) is 11.6. The molecule has 1 aromatic rings. The van der Waals surface area contributed by atoms with Crippen LogP contribution in [0.4, 0.5) is 4.39 Å². The molecule has 94 valence electrons. The Balaban J connectivity index is 2.39. The molecule has 1 rings (SSSR count). The molecule has 0 saturated carbocycles. The topological polar surface area (TPSA) is 26.3 Å². The normalized spacial score (nSPS) is 10.3. The molecule has 0 aliphatic rings. The van der Waals surface area contributed by atoms with Crippen LogP contribution in [0.3, 0.4) is 0 Å². The zero-order valence-corrected chi connectivity index (χ0v) is 10.5. The Kier molecular flexibility index (Phi) is 5.67. The summed E-state index contributed by atoms with van der Waals surface area (Å²) in [6.45, 7) is 4.20. The predicted octanol–water partition coefficient (Wildman–Crippen LogP) is 3.87. The van der Waals surface area contributed by atoms with E-state index in [1.54, 1.807) is 6.92 Å². The maximum atomic E-state index is 13.0. The van der Waals surface area contributed by atoms with Gasteiger partial charge in [-0.15, -0.1) is 0 Å². The van der Waals surface area contributed by atoms with Crippen molar-refractivity contribution in [2.45, 2.75) is 39.5 Å². The Morgan fingerprint density at radius 1 is 1.29 bits per heavy atom. The smallest absolute Gasteiger partial charge is 0.338 e. The van der Waals surface area contributed by atoms with Gasteiger partial charge in [-0.25, -0.2) is 9.18 Å². The fourth-order valence-electron chi connectivity index (χ4n) is 1.55. The number of carbonyl (C=O) groups is 1. The molecule has 0 aliphatic heterocycles. The van der Waals surface area contributed by atoms with E-state index in [0.717, 1.165) is 25.7 Å². The molecule has 17 heavy (non-hydrogen) atoms. The fourth-order valence-corrected chi connectivity index (χ4v) is 1.55. The van der Waals surface area contributed by atoms with Crippen molar-refractivity contribution in [1.82, 2.24) is 0 Å². The first kappa shape index (κ1) is 13.7. The highest BCUT2D eigenvalue weighted by Gasteiger charge is 2.08. The van der Waals surface area contributed by atoms with Gasteiger partial charge >= 0.3 is 5.97 Å². The van der Waals surface area contributed by atoms with Crippen LogP contribution in [0.5, 0.6) is 0 Å². The van der Waals surface area contributed by atoms with Crippen LogP contribution in [0.2, 0.25) is 0 Å². The molecule has 0 aromatic heterocycles. The molecule has 0 atom stereocenters. The highest BCUT2D eigenvalue weighted by atomic mass is 19.1. The van der Waals surface area contributed by atoms with E-state index in [2.05, 4.69) is 6.92 Å². The SMILES string of the molecule is CCCCCCOC(=O)c1ccc(F)c(C)c1. The number of esters is 1. The average molecular weight is 238 g/mol. The van der Waals surface area contributed by atoms with E-state index in [4.69, 9.17) is 4.74 Å². The van der Waals surface area contributed by atoms with Crippen molar-refractivity contribution in [3.63, 3.8) is 0 Å². The van der Waals surface area contributed by atoms with Gasteiger partial charge in [0.25, 0.3) is 0 Å². The van der Waals surface area contributed by atoms with Crippen LogP contribution in [0.25, 0.3) is 0 Å². The average Bonchev–Trinajstić information content (AvgIpc) is 2.32. The quantitative estimate of drug-likeness (QED) is 0.555. The monoisotopic (exact) mass is 238 g/mol. The summed E-state index contributed by atoms with van der Waals surface area (Å²) in [7, 11) is 0. The van der Waals surface area contributed by atoms with E-state index in [1.165, 1.54) is 18.2 Å². The number of carbonyl (C=O) groups excluding carboxylic acids is 1. The first-order valence-electron chi connectivity index (χ1n) is 6.08. The van der Waals surface area contributed by atoms with Gasteiger partial charge in [0.2, 0.25) is 0 Å². The zero-order chi connectivity index (χ0) is 12.7. The molecule has 0 unspecified atom stereocenters. The molecule has 0 saturated heterocycles. The van der Waals surface area contributed by atoms with Gasteiger partial charge in [0, 0.05) is 0 Å². The molecule has 0 aliphatic carbocycles. The Labute approximate surface area is 102 Å². The van der Waals surface area contributed by atoms with Gasteiger partial charge in [-0.3, -0.25) is 0 Å². The third kappa shape index (κ3) is 4.55. The van der Waals surface area contributed by atoms with Crippen molar-refractivity contribution in [2.24, 2.45) is 0 Å². The number of unbranched alkanes of at least 4 members (excludes halogenated alkanes) is 3. The number of hydrogen-bond acceptors (Lipinski definition) is 2. The molecule has 0 spiro atoms. The fraction of sp³-hybridized carbons (Fsp3) is 0.500. The van der Waals surface area contributed by atoms with Crippen LogP contribution >= 0.6 is 0 Å². The number of ether oxygens (including phenoxy) is 1. The van der Waals surface area contributed by atoms with Gasteiger partial charge < -0.3 is 4.74 Å². The van der Waals surface area contributed by atoms with Crippen molar-refractivity contribution >= 4 is 5.97 Å². The summed E-state index contributed by atoms with van der Waals surface area (Å²) in [6.07, 6.45) is 4.28. The lowest BCUT2D eigenvalue weighted by Gasteiger charge is -2.05. The first-order chi connectivity index (χ1) is 8.15. The lowest BCUT2D eigenvalue weighted by atomic mass is 10.1. The second kappa shape index (κ2) is 7.05. The second-order valence-corrected chi connectivity index (χ2v) is 4.16. The third-order valence-corrected chi connectivity index (χ3v) is 2.62. The van der Waals surface area contributed by atoms with Gasteiger partial charge in [-0.1, -0.05) is 26.2 Å². The van der Waals surface area contributed by atoms with Crippen LogP contribution in [0.15, 0.2) is 18.2 Å². The molecule has 0 fully saturated rings. The van der Waals surface area contributed by atoms with Gasteiger partial charge in [-0.2, -0.15) is 0 Å². The van der Waals surface area contributed by atoms with Gasteiger partial charge in [-0.05, 0) is 37.1 Å². The number of rotatable bonds is 6. The summed E-state index contributed by atoms with van der Waals surface area (Å²) in [5.74, 6) is -0.672. The van der Waals surface area contributed by atoms with E-state index >= 15 is 0 Å². The number of benzene rings is 1. The third-order valence-electron chi connectivity index (χ3n) is 2.62. The number of aryl methyl sites for hydroxylation is 1. The lowest BCUT2D eigenvalue weighted by Crippen LogP contribution is -2.07. The predicted molar refractivity (Wildman–Crippen MR) is 65.6 cm³/mol. The van der Waals surface area contributed by atoms with Gasteiger partial charge in [0.05, 0.1) is 12.2 Å². The molecule has 0 amide bonds. The molecule has 1 aromatic carbocycles. The highest BCUT2D eigenvalue weighted by molar-refractivity contribution is 5.89. The van der Waals surface area contributed by atoms with Crippen molar-refractivity contribution in [2.75, 3.05) is 6.61 Å². The second-order valence-electron chi connectivity index (χ2n) is 4.16. The van der Waals surface area contributed by atoms with Crippen LogP contribution in [-0.4, -0.2) is 12.6 Å². The van der Waals surface area contributed by atoms with Crippen LogP contribution in [0, 0.1) is 12.7 Å². The summed E-state index contributed by atoms with van der Waals surface area (Å²) in [6, 6.07) is 4.27. The highest BCUT2D eigenvalue weighted by Crippen LogP contribution is 2.10. The van der Waals surface area contributed by atoms with Gasteiger partial charge in [0.1, 0.15) is 5.82 Å². The minimum absolute atomic E-state index is 0.301. The lowest BCUT2D eigenvalue weighted by molar-refractivity contribution is 0.0497. The van der Waals surface area contributed by atoms with Crippen LogP contribution < -0.4 is 0 Å². The molecule has 0 bridgehead atoms. The van der Waals surface area contributed by atoms with Crippen molar-refractivity contribution in [1.29, 1.82) is 0 Å². The molecule has 0 radical (unpaired) electrons. The molecule has 0 heterocycles. The summed E-state index contributed by atoms with van der Waals surface area (Å²) in [5, 5.41) is 0. The standard InChI is InChI=1S/C14H19FO2/c1-3-4-5-6-9-17-14(16)12-7-8-13(15)11(2)10-12/h7-8,10H,3-6,9H2,1-2H3. The zero-order valence-electron chi connectivity index (χ0n) is 10.5. The summed E-state index contributed by atoms with van der Waals surface area (Å²) < 4.78 is 18.1. The largest absolute Gasteiger partial charge is 0.462 e. The summed E-state index contributed by atoms with van der Waals surface area (Å²) >= 11 is 0.